The molecule has 0 N–H and O–H groups in total. The molecular weight excluding hydrogens is 969 g/mol. The Kier molecular flexibility index (Phi) is 8.41. The maximum Gasteiger partial charge on any atom is 0.193 e. The summed E-state index contributed by atoms with van der Waals surface area (Å²) in [4.78, 5) is 4.54. The molecule has 19 rings (SSSR count). The summed E-state index contributed by atoms with van der Waals surface area (Å²) < 4.78 is 5.23. The Hall–Kier alpha value is -8.44. The minimum absolute atomic E-state index is 0.00696. The van der Waals surface area contributed by atoms with Gasteiger partial charge in [-0.2, -0.15) is 5.26 Å². The van der Waals surface area contributed by atoms with Crippen molar-refractivity contribution in [1.82, 2.24) is 8.80 Å². The molecule has 386 valence electrons. The van der Waals surface area contributed by atoms with Crippen molar-refractivity contribution in [2.24, 2.45) is 0 Å². The highest BCUT2D eigenvalue weighted by Gasteiger charge is 2.47. The lowest BCUT2D eigenvalue weighted by Crippen LogP contribution is -2.28. The lowest BCUT2D eigenvalue weighted by Gasteiger charge is -2.43. The fourth-order valence-electron chi connectivity index (χ4n) is 17.0. The summed E-state index contributed by atoms with van der Waals surface area (Å²) in [7, 11) is 0. The van der Waals surface area contributed by atoms with Crippen molar-refractivity contribution in [1.29, 1.82) is 5.26 Å². The van der Waals surface area contributed by atoms with Crippen LogP contribution in [0.2, 0.25) is 0 Å². The van der Waals surface area contributed by atoms with Crippen LogP contribution in [-0.4, -0.2) is 8.80 Å². The zero-order valence-corrected chi connectivity index (χ0v) is 47.8. The fraction of sp³-hybridized carbons (Fsp3) is 0.263. The van der Waals surface area contributed by atoms with Gasteiger partial charge in [-0.1, -0.05) is 192 Å². The van der Waals surface area contributed by atoms with Crippen LogP contribution in [0.25, 0.3) is 81.0 Å². The summed E-state index contributed by atoms with van der Waals surface area (Å²) in [5.41, 5.74) is 28.9. The maximum atomic E-state index is 11.6. The average molecular weight is 1030 g/mol. The molecule has 4 heteroatoms. The predicted molar refractivity (Wildman–Crippen MR) is 331 cm³/mol. The monoisotopic (exact) mass is 1030 g/mol. The lowest BCUT2D eigenvalue weighted by molar-refractivity contribution is 0.576. The summed E-state index contributed by atoms with van der Waals surface area (Å²) in [5.74, 6) is -0.0733. The largest absolute Gasteiger partial charge is 0.309 e. The first kappa shape index (κ1) is 46.5. The lowest BCUT2D eigenvalue weighted by atomic mass is 9.59. The Balaban J connectivity index is 1.10. The van der Waals surface area contributed by atoms with Crippen LogP contribution >= 0.6 is 0 Å². The second kappa shape index (κ2) is 14.5. The van der Waals surface area contributed by atoms with Crippen molar-refractivity contribution in [2.75, 3.05) is 0 Å². The predicted octanol–water partition coefficient (Wildman–Crippen LogP) is 19.6. The summed E-state index contributed by atoms with van der Waals surface area (Å²) in [6.45, 7) is 37.8. The molecule has 0 unspecified atom stereocenters. The Morgan fingerprint density at radius 3 is 1.02 bits per heavy atom. The molecule has 6 aliphatic rings. The van der Waals surface area contributed by atoms with E-state index in [9.17, 15) is 5.26 Å². The fourth-order valence-corrected chi connectivity index (χ4v) is 17.0. The van der Waals surface area contributed by atoms with Crippen LogP contribution in [0.5, 0.6) is 0 Å². The van der Waals surface area contributed by atoms with Gasteiger partial charge in [-0.05, 0) is 135 Å². The Morgan fingerprint density at radius 1 is 0.375 bits per heavy atom. The highest BCUT2D eigenvalue weighted by atomic mass is 14.9. The van der Waals surface area contributed by atoms with Crippen LogP contribution in [0.3, 0.4) is 0 Å². The summed E-state index contributed by atoms with van der Waals surface area (Å²) in [6, 6.07) is 53.9. The van der Waals surface area contributed by atoms with Crippen LogP contribution < -0.4 is 0 Å². The highest BCUT2D eigenvalue weighted by Crippen LogP contribution is 2.64. The molecule has 0 saturated carbocycles. The van der Waals surface area contributed by atoms with Gasteiger partial charge in [-0.15, -0.1) is 0 Å². The molecule has 0 amide bonds. The number of aromatic nitrogens is 2. The number of fused-ring (bicyclic) bond motifs is 12. The normalized spacial score (nSPS) is 18.2. The third-order valence-corrected chi connectivity index (χ3v) is 20.0. The second-order valence-corrected chi connectivity index (χ2v) is 28.4. The van der Waals surface area contributed by atoms with Crippen molar-refractivity contribution >= 4 is 81.9 Å². The van der Waals surface area contributed by atoms with E-state index in [2.05, 4.69) is 236 Å². The van der Waals surface area contributed by atoms with Crippen LogP contribution in [0.15, 0.2) is 133 Å². The van der Waals surface area contributed by atoms with Crippen molar-refractivity contribution < 1.29 is 0 Å². The van der Waals surface area contributed by atoms with Crippen LogP contribution in [0, 0.1) is 17.9 Å². The summed E-state index contributed by atoms with van der Waals surface area (Å²) in [5, 5.41) is 21.9. The first-order valence-electron chi connectivity index (χ1n) is 29.0. The molecule has 9 aromatic carbocycles. The van der Waals surface area contributed by atoms with Gasteiger partial charge in [-0.3, -0.25) is 0 Å². The molecular formula is C76H62N4. The van der Waals surface area contributed by atoms with E-state index in [0.29, 0.717) is 0 Å². The van der Waals surface area contributed by atoms with Crippen LogP contribution in [-0.2, 0) is 21.7 Å². The minimum Gasteiger partial charge on any atom is -0.309 e. The highest BCUT2D eigenvalue weighted by molar-refractivity contribution is 6.32. The van der Waals surface area contributed by atoms with Crippen LogP contribution in [0.1, 0.15) is 201 Å². The molecule has 0 saturated heterocycles. The Labute approximate surface area is 467 Å². The SMILES string of the molecule is [C-]#[N+]c1cc2c(c3c1C1c4ccccc4C3c3ccccc31)c1c(C(C)(C)C)cc(C(C)(C)C)c3c4cc5c(cc4n2c31)c1c(C(C)(C)C)cc(C(C)(C)C)c2c3c4c(c(C#N)cc3n5c12)C1c2ccccc2C4c2ccccc21. The molecule has 4 aromatic heterocycles. The van der Waals surface area contributed by atoms with Gasteiger partial charge in [0, 0.05) is 72.3 Å². The molecule has 0 aliphatic heterocycles. The van der Waals surface area contributed by atoms with Gasteiger partial charge in [0.1, 0.15) is 0 Å². The molecule has 0 spiro atoms. The molecule has 4 heterocycles. The van der Waals surface area contributed by atoms with Gasteiger partial charge >= 0.3 is 0 Å². The van der Waals surface area contributed by atoms with E-state index >= 15 is 0 Å². The molecule has 6 aliphatic carbocycles. The van der Waals surface area contributed by atoms with Gasteiger partial charge in [-0.25, -0.2) is 4.85 Å². The van der Waals surface area contributed by atoms with E-state index in [1.165, 1.54) is 154 Å². The number of nitrogens with zero attached hydrogens (tertiary/aromatic N) is 4. The second-order valence-electron chi connectivity index (χ2n) is 28.4. The van der Waals surface area contributed by atoms with Gasteiger partial charge < -0.3 is 8.80 Å². The first-order valence-corrected chi connectivity index (χ1v) is 29.0. The zero-order valence-electron chi connectivity index (χ0n) is 47.8. The first-order chi connectivity index (χ1) is 38.2. The number of nitriles is 1. The number of benzene rings is 9. The van der Waals surface area contributed by atoms with Crippen LogP contribution in [0.4, 0.5) is 5.69 Å². The van der Waals surface area contributed by atoms with E-state index in [0.717, 1.165) is 22.3 Å². The molecule has 4 bridgehead atoms. The molecule has 0 fully saturated rings. The average Bonchev–Trinajstić information content (AvgIpc) is 2.90. The Morgan fingerprint density at radius 2 is 0.688 bits per heavy atom. The number of hydrogen-bond acceptors (Lipinski definition) is 1. The molecule has 0 radical (unpaired) electrons. The molecule has 4 nitrogen and oxygen atoms in total. The molecule has 80 heavy (non-hydrogen) atoms. The zero-order chi connectivity index (χ0) is 54.9. The number of rotatable bonds is 0. The molecule has 13 aromatic rings. The topological polar surface area (TPSA) is 37.0 Å². The van der Waals surface area contributed by atoms with Crippen molar-refractivity contribution in [3.8, 4) is 6.07 Å². The summed E-state index contributed by atoms with van der Waals surface area (Å²) >= 11 is 0. The quantitative estimate of drug-likeness (QED) is 0.139. The minimum atomic E-state index is -0.216. The molecule has 0 atom stereocenters. The van der Waals surface area contributed by atoms with Crippen molar-refractivity contribution in [3.63, 3.8) is 0 Å². The summed E-state index contributed by atoms with van der Waals surface area (Å²) in [6.07, 6.45) is 0. The Bertz CT molecular complexity index is 4720. The van der Waals surface area contributed by atoms with E-state index in [1.54, 1.807) is 0 Å². The van der Waals surface area contributed by atoms with Gasteiger partial charge in [0.05, 0.1) is 45.8 Å². The standard InChI is InChI=1S/C76H62N4/c1-73(2,3)48-33-50(75(7,8)9)64-67-55(30-37(36-77)57-58-38-22-14-18-26-42(38)60(69(57)67)43-27-19-15-23-39(43)58)79-53-31-47-54(32-46(53)62(48)71(64)79)80-56-35-52(78-13)66-59-40-24-16-20-28-44(40)61(45-29-21-17-25-41(45)59)70(66)68(56)65-51(76(10,11)12)34-49(74(4,5)6)63(47)72(65)80/h14-35,58-61H,1-12H3. The van der Waals surface area contributed by atoms with E-state index in [1.807, 2.05) is 0 Å². The van der Waals surface area contributed by atoms with Gasteiger partial charge in [0.15, 0.2) is 5.69 Å². The number of hydrogen-bond donors (Lipinski definition) is 0. The van der Waals surface area contributed by atoms with Crippen molar-refractivity contribution in [3.05, 3.63) is 239 Å². The van der Waals surface area contributed by atoms with E-state index < -0.39 is 0 Å². The third kappa shape index (κ3) is 5.34. The van der Waals surface area contributed by atoms with E-state index in [4.69, 9.17) is 6.57 Å². The third-order valence-electron chi connectivity index (χ3n) is 20.0. The van der Waals surface area contributed by atoms with Gasteiger partial charge in [0.25, 0.3) is 0 Å². The maximum absolute atomic E-state index is 11.6. The smallest absolute Gasteiger partial charge is 0.193 e. The van der Waals surface area contributed by atoms with Crippen molar-refractivity contribution in [2.45, 2.75) is 128 Å². The van der Waals surface area contributed by atoms with Gasteiger partial charge in [0.2, 0.25) is 0 Å². The van der Waals surface area contributed by atoms with E-state index in [-0.39, 0.29) is 45.3 Å².